The van der Waals surface area contributed by atoms with Gasteiger partial charge in [-0.1, -0.05) is 67.6 Å². The Kier molecular flexibility index (Phi) is 2.10. The van der Waals surface area contributed by atoms with Gasteiger partial charge in [-0.05, 0) is 89.1 Å². The van der Waals surface area contributed by atoms with Gasteiger partial charge < -0.3 is 0 Å². The molecule has 0 heterocycles. The van der Waals surface area contributed by atoms with Crippen LogP contribution in [-0.2, 0) is 11.8 Å². The maximum atomic E-state index is 2.61. The highest BCUT2D eigenvalue weighted by Gasteiger charge is 3.09. The molecule has 9 atom stereocenters. The van der Waals surface area contributed by atoms with E-state index in [2.05, 4.69) is 67.6 Å². The second-order valence-corrected chi connectivity index (χ2v) is 11.1. The third kappa shape index (κ3) is 1.03. The van der Waals surface area contributed by atoms with E-state index in [0.29, 0.717) is 21.7 Å². The molecule has 4 bridgehead atoms. The van der Waals surface area contributed by atoms with Gasteiger partial charge in [-0.15, -0.1) is 0 Å². The summed E-state index contributed by atoms with van der Waals surface area (Å²) in [5, 5.41) is 0. The lowest BCUT2D eigenvalue weighted by Crippen LogP contribution is -2.85. The van der Waals surface area contributed by atoms with Gasteiger partial charge in [0.1, 0.15) is 0 Å². The zero-order valence-corrected chi connectivity index (χ0v) is 16.2. The standard InChI is InChI=1S/C27H28/c1-17-12-23-26(17)25-16-21-19(13-22(21)25)15-24(25,14-18-8-4-2-5-9-18)27(23,26)20-10-6-3-7-11-20/h2-11,17,19,21-23H,12-16H2,1H3/t17?,19?,21?,22-,23+,24-,25+,26+,27?/m0/s1. The average molecular weight is 353 g/mol. The molecule has 0 heteroatoms. The Labute approximate surface area is 162 Å². The van der Waals surface area contributed by atoms with Gasteiger partial charge in [-0.3, -0.25) is 0 Å². The van der Waals surface area contributed by atoms with Crippen molar-refractivity contribution in [3.8, 4) is 0 Å². The SMILES string of the molecule is CC1C[C@H]2C3(c4ccccc4)[C@@]4(Cc5ccccc5)CC5C[C@H]6C5C[C@@]64[C@@]123. The largest absolute Gasteiger partial charge is 0.0622 e. The summed E-state index contributed by atoms with van der Waals surface area (Å²) < 4.78 is 0. The van der Waals surface area contributed by atoms with E-state index in [1.807, 2.05) is 0 Å². The highest BCUT2D eigenvalue weighted by Crippen LogP contribution is 3.11. The molecule has 0 radical (unpaired) electrons. The van der Waals surface area contributed by atoms with Crippen molar-refractivity contribution in [3.05, 3.63) is 71.8 Å². The van der Waals surface area contributed by atoms with E-state index in [9.17, 15) is 0 Å². The smallest absolute Gasteiger partial charge is 0.0120 e. The van der Waals surface area contributed by atoms with E-state index in [-0.39, 0.29) is 0 Å². The Hall–Kier alpha value is -1.56. The Morgan fingerprint density at radius 2 is 1.63 bits per heavy atom. The van der Waals surface area contributed by atoms with Crippen LogP contribution in [0.25, 0.3) is 0 Å². The van der Waals surface area contributed by atoms with Gasteiger partial charge in [0, 0.05) is 5.41 Å². The molecule has 10 rings (SSSR count). The van der Waals surface area contributed by atoms with Crippen molar-refractivity contribution >= 4 is 0 Å². The van der Waals surface area contributed by atoms with Crippen LogP contribution in [0.15, 0.2) is 60.7 Å². The lowest BCUT2D eigenvalue weighted by atomic mass is 9.15. The first-order chi connectivity index (χ1) is 13.2. The molecule has 8 saturated carbocycles. The number of rotatable bonds is 3. The Balaban J connectivity index is 1.39. The first kappa shape index (κ1) is 14.4. The molecule has 2 aromatic rings. The molecule has 0 aliphatic heterocycles. The van der Waals surface area contributed by atoms with Gasteiger partial charge in [-0.2, -0.15) is 0 Å². The van der Waals surface area contributed by atoms with Crippen molar-refractivity contribution in [1.82, 2.24) is 0 Å². The molecule has 27 heavy (non-hydrogen) atoms. The van der Waals surface area contributed by atoms with E-state index >= 15 is 0 Å². The highest BCUT2D eigenvalue weighted by molar-refractivity contribution is 5.65. The molecular weight excluding hydrogens is 324 g/mol. The lowest BCUT2D eigenvalue weighted by molar-refractivity contribution is -0.398. The molecule has 8 fully saturated rings. The van der Waals surface area contributed by atoms with Crippen molar-refractivity contribution in [3.63, 3.8) is 0 Å². The van der Waals surface area contributed by atoms with Crippen molar-refractivity contribution in [1.29, 1.82) is 0 Å². The molecule has 136 valence electrons. The molecule has 0 saturated heterocycles. The second kappa shape index (κ2) is 3.93. The molecule has 8 aliphatic rings. The summed E-state index contributed by atoms with van der Waals surface area (Å²) in [5.74, 6) is 5.19. The van der Waals surface area contributed by atoms with E-state index in [1.54, 1.807) is 24.0 Å². The van der Waals surface area contributed by atoms with E-state index in [4.69, 9.17) is 0 Å². The summed E-state index contributed by atoms with van der Waals surface area (Å²) in [4.78, 5) is 0. The van der Waals surface area contributed by atoms with Crippen LogP contribution >= 0.6 is 0 Å². The average Bonchev–Trinajstić information content (AvgIpc) is 3.17. The highest BCUT2D eigenvalue weighted by atomic mass is 15.1. The van der Waals surface area contributed by atoms with Crippen LogP contribution in [0.4, 0.5) is 0 Å². The number of fused-ring (bicyclic) bond motifs is 1. The maximum absolute atomic E-state index is 2.61. The monoisotopic (exact) mass is 352 g/mol. The fraction of sp³-hybridized carbons (Fsp3) is 0.556. The summed E-state index contributed by atoms with van der Waals surface area (Å²) in [6.45, 7) is 2.61. The number of hydrogen-bond acceptors (Lipinski definition) is 0. The Morgan fingerprint density at radius 1 is 0.889 bits per heavy atom. The summed E-state index contributed by atoms with van der Waals surface area (Å²) in [6, 6.07) is 23.4. The van der Waals surface area contributed by atoms with Crippen molar-refractivity contribution < 1.29 is 0 Å². The number of benzene rings is 2. The second-order valence-electron chi connectivity index (χ2n) is 11.1. The molecule has 0 aromatic heterocycles. The van der Waals surface area contributed by atoms with Gasteiger partial charge >= 0.3 is 0 Å². The third-order valence-electron chi connectivity index (χ3n) is 11.4. The van der Waals surface area contributed by atoms with Crippen LogP contribution in [0.1, 0.15) is 43.7 Å². The minimum absolute atomic E-state index is 0.513. The fourth-order valence-electron chi connectivity index (χ4n) is 11.4. The van der Waals surface area contributed by atoms with Crippen LogP contribution in [-0.4, -0.2) is 0 Å². The first-order valence-electron chi connectivity index (χ1n) is 11.3. The molecular formula is C27H28. The van der Waals surface area contributed by atoms with Gasteiger partial charge in [0.05, 0.1) is 0 Å². The summed E-state index contributed by atoms with van der Waals surface area (Å²) in [7, 11) is 0. The molecule has 2 spiro atoms. The predicted molar refractivity (Wildman–Crippen MR) is 107 cm³/mol. The zero-order chi connectivity index (χ0) is 17.6. The van der Waals surface area contributed by atoms with E-state index < -0.39 is 0 Å². The minimum atomic E-state index is 0.513. The van der Waals surface area contributed by atoms with Crippen LogP contribution in [0.3, 0.4) is 0 Å². The van der Waals surface area contributed by atoms with Gasteiger partial charge in [0.25, 0.3) is 0 Å². The van der Waals surface area contributed by atoms with Crippen molar-refractivity contribution in [2.45, 2.75) is 44.4 Å². The predicted octanol–water partition coefficient (Wildman–Crippen LogP) is 5.87. The lowest BCUT2D eigenvalue weighted by Gasteiger charge is -2.89. The van der Waals surface area contributed by atoms with E-state index in [0.717, 1.165) is 29.6 Å². The fourth-order valence-corrected chi connectivity index (χ4v) is 11.4. The topological polar surface area (TPSA) is 0 Å². The Bertz CT molecular complexity index is 978. The van der Waals surface area contributed by atoms with Crippen LogP contribution < -0.4 is 0 Å². The molecule has 0 amide bonds. The van der Waals surface area contributed by atoms with Gasteiger partial charge in [-0.25, -0.2) is 0 Å². The quantitative estimate of drug-likeness (QED) is 0.648. The van der Waals surface area contributed by atoms with E-state index in [1.165, 1.54) is 19.3 Å². The first-order valence-corrected chi connectivity index (χ1v) is 11.3. The van der Waals surface area contributed by atoms with Crippen LogP contribution in [0, 0.1) is 45.8 Å². The zero-order valence-electron chi connectivity index (χ0n) is 16.2. The van der Waals surface area contributed by atoms with Crippen molar-refractivity contribution in [2.75, 3.05) is 0 Å². The molecule has 0 N–H and O–H groups in total. The molecule has 2 aromatic carbocycles. The maximum Gasteiger partial charge on any atom is 0.0120 e. The Morgan fingerprint density at radius 3 is 2.30 bits per heavy atom. The normalized spacial score (nSPS) is 56.9. The minimum Gasteiger partial charge on any atom is -0.0622 e. The van der Waals surface area contributed by atoms with Crippen LogP contribution in [0.5, 0.6) is 0 Å². The molecule has 8 aliphatic carbocycles. The van der Waals surface area contributed by atoms with Crippen molar-refractivity contribution in [2.24, 2.45) is 45.8 Å². The van der Waals surface area contributed by atoms with Gasteiger partial charge in [0.15, 0.2) is 0 Å². The number of hydrogen-bond donors (Lipinski definition) is 0. The molecule has 4 unspecified atom stereocenters. The third-order valence-corrected chi connectivity index (χ3v) is 11.4. The van der Waals surface area contributed by atoms with Gasteiger partial charge in [0.2, 0.25) is 0 Å². The summed E-state index contributed by atoms with van der Waals surface area (Å²) >= 11 is 0. The molecule has 0 nitrogen and oxygen atoms in total. The summed E-state index contributed by atoms with van der Waals surface area (Å²) in [5.41, 5.74) is 5.77. The van der Waals surface area contributed by atoms with Crippen LogP contribution in [0.2, 0.25) is 0 Å². The summed E-state index contributed by atoms with van der Waals surface area (Å²) in [6.07, 6.45) is 7.53.